The van der Waals surface area contributed by atoms with Crippen molar-refractivity contribution >= 4 is 46.2 Å². The van der Waals surface area contributed by atoms with Gasteiger partial charge in [0.25, 0.3) is 0 Å². The third kappa shape index (κ3) is 5.44. The number of hydrogen-bond acceptors (Lipinski definition) is 2. The minimum atomic E-state index is -0.00923. The van der Waals surface area contributed by atoms with Gasteiger partial charge in [0.2, 0.25) is 5.91 Å². The largest absolute Gasteiger partial charge is 0.363 e. The van der Waals surface area contributed by atoms with E-state index in [0.29, 0.717) is 27.9 Å². The van der Waals surface area contributed by atoms with E-state index >= 15 is 0 Å². The molecule has 0 heterocycles. The first kappa shape index (κ1) is 15.7. The van der Waals surface area contributed by atoms with Crippen LogP contribution in [0.1, 0.15) is 26.7 Å². The highest BCUT2D eigenvalue weighted by molar-refractivity contribution is 7.80. The average molecular weight is 300 g/mol. The Labute approximate surface area is 123 Å². The van der Waals surface area contributed by atoms with Crippen molar-refractivity contribution in [2.45, 2.75) is 26.7 Å². The summed E-state index contributed by atoms with van der Waals surface area (Å²) in [6, 6.07) is 5.25. The van der Waals surface area contributed by atoms with Gasteiger partial charge in [-0.1, -0.05) is 18.5 Å². The van der Waals surface area contributed by atoms with Crippen LogP contribution < -0.4 is 16.0 Å². The number of hydrogen-bond donors (Lipinski definition) is 3. The first-order chi connectivity index (χ1) is 9.06. The lowest BCUT2D eigenvalue weighted by Crippen LogP contribution is -2.28. The van der Waals surface area contributed by atoms with E-state index in [1.54, 1.807) is 18.2 Å². The van der Waals surface area contributed by atoms with Gasteiger partial charge in [-0.25, -0.2) is 0 Å². The van der Waals surface area contributed by atoms with Gasteiger partial charge in [0, 0.05) is 18.7 Å². The van der Waals surface area contributed by atoms with Gasteiger partial charge < -0.3 is 16.0 Å². The number of amides is 1. The SMILES string of the molecule is CCCC(=O)Nc1ccc(Cl)c(NC(=S)NCC)c1. The maximum atomic E-state index is 11.5. The molecule has 6 heteroatoms. The number of carbonyl (C=O) groups is 1. The average Bonchev–Trinajstić information content (AvgIpc) is 2.34. The molecule has 0 aromatic heterocycles. The fourth-order valence-electron chi connectivity index (χ4n) is 1.48. The standard InChI is InChI=1S/C13H18ClN3OS/c1-3-5-12(18)16-9-6-7-10(14)11(8-9)17-13(19)15-4-2/h6-8H,3-5H2,1-2H3,(H,16,18)(H2,15,17,19). The molecule has 0 radical (unpaired) electrons. The molecule has 1 amide bonds. The lowest BCUT2D eigenvalue weighted by molar-refractivity contribution is -0.116. The predicted molar refractivity (Wildman–Crippen MR) is 84.9 cm³/mol. The van der Waals surface area contributed by atoms with E-state index in [2.05, 4.69) is 16.0 Å². The minimum absolute atomic E-state index is 0.00923. The fraction of sp³-hybridized carbons (Fsp3) is 0.385. The van der Waals surface area contributed by atoms with E-state index in [-0.39, 0.29) is 5.91 Å². The van der Waals surface area contributed by atoms with Crippen LogP contribution in [0.5, 0.6) is 0 Å². The lowest BCUT2D eigenvalue weighted by atomic mass is 10.2. The first-order valence-electron chi connectivity index (χ1n) is 6.21. The number of benzene rings is 1. The fourth-order valence-corrected chi connectivity index (χ4v) is 1.90. The molecule has 0 unspecified atom stereocenters. The van der Waals surface area contributed by atoms with Crippen LogP contribution in [0.2, 0.25) is 5.02 Å². The van der Waals surface area contributed by atoms with E-state index in [0.717, 1.165) is 13.0 Å². The van der Waals surface area contributed by atoms with E-state index in [1.165, 1.54) is 0 Å². The molecule has 3 N–H and O–H groups in total. The smallest absolute Gasteiger partial charge is 0.224 e. The molecular weight excluding hydrogens is 282 g/mol. The maximum Gasteiger partial charge on any atom is 0.224 e. The van der Waals surface area contributed by atoms with Crippen molar-refractivity contribution in [3.05, 3.63) is 23.2 Å². The van der Waals surface area contributed by atoms with Crippen molar-refractivity contribution in [3.63, 3.8) is 0 Å². The first-order valence-corrected chi connectivity index (χ1v) is 6.99. The number of rotatable bonds is 5. The number of nitrogens with one attached hydrogen (secondary N) is 3. The van der Waals surface area contributed by atoms with Crippen LogP contribution in [-0.4, -0.2) is 17.6 Å². The number of anilines is 2. The van der Waals surface area contributed by atoms with Gasteiger partial charge in [0.15, 0.2) is 5.11 Å². The van der Waals surface area contributed by atoms with Gasteiger partial charge in [-0.05, 0) is 43.8 Å². The summed E-state index contributed by atoms with van der Waals surface area (Å²) < 4.78 is 0. The molecule has 0 aliphatic heterocycles. The number of halogens is 1. The molecule has 0 saturated heterocycles. The minimum Gasteiger partial charge on any atom is -0.363 e. The van der Waals surface area contributed by atoms with E-state index < -0.39 is 0 Å². The van der Waals surface area contributed by atoms with Crippen LogP contribution >= 0.6 is 23.8 Å². The second kappa shape index (κ2) is 7.96. The molecule has 0 aliphatic rings. The topological polar surface area (TPSA) is 53.2 Å². The summed E-state index contributed by atoms with van der Waals surface area (Å²) in [5.74, 6) is -0.00923. The molecule has 0 atom stereocenters. The lowest BCUT2D eigenvalue weighted by Gasteiger charge is -2.12. The van der Waals surface area contributed by atoms with Crippen LogP contribution in [0.4, 0.5) is 11.4 Å². The van der Waals surface area contributed by atoms with E-state index in [9.17, 15) is 4.79 Å². The summed E-state index contributed by atoms with van der Waals surface area (Å²) in [4.78, 5) is 11.5. The Morgan fingerprint density at radius 2 is 2.05 bits per heavy atom. The Morgan fingerprint density at radius 3 is 2.68 bits per heavy atom. The summed E-state index contributed by atoms with van der Waals surface area (Å²) >= 11 is 11.2. The van der Waals surface area contributed by atoms with Crippen LogP contribution in [-0.2, 0) is 4.79 Å². The summed E-state index contributed by atoms with van der Waals surface area (Å²) in [7, 11) is 0. The van der Waals surface area contributed by atoms with Crippen molar-refractivity contribution in [2.24, 2.45) is 0 Å². The zero-order valence-electron chi connectivity index (χ0n) is 11.0. The normalized spacial score (nSPS) is 9.84. The number of carbonyl (C=O) groups excluding carboxylic acids is 1. The van der Waals surface area contributed by atoms with Gasteiger partial charge in [-0.2, -0.15) is 0 Å². The van der Waals surface area contributed by atoms with Crippen LogP contribution in [0.15, 0.2) is 18.2 Å². The Balaban J connectivity index is 2.76. The molecule has 1 aromatic rings. The van der Waals surface area contributed by atoms with Crippen LogP contribution in [0, 0.1) is 0 Å². The van der Waals surface area contributed by atoms with Gasteiger partial charge in [0.05, 0.1) is 10.7 Å². The van der Waals surface area contributed by atoms with E-state index in [4.69, 9.17) is 23.8 Å². The van der Waals surface area contributed by atoms with E-state index in [1.807, 2.05) is 13.8 Å². The Kier molecular flexibility index (Phi) is 6.59. The summed E-state index contributed by atoms with van der Waals surface area (Å²) in [6.07, 6.45) is 1.32. The van der Waals surface area contributed by atoms with Crippen molar-refractivity contribution in [3.8, 4) is 0 Å². The van der Waals surface area contributed by atoms with Crippen LogP contribution in [0.25, 0.3) is 0 Å². The molecule has 1 aromatic carbocycles. The molecule has 0 fully saturated rings. The quantitative estimate of drug-likeness (QED) is 0.730. The molecule has 0 saturated carbocycles. The Bertz CT molecular complexity index is 465. The van der Waals surface area contributed by atoms with Crippen molar-refractivity contribution in [1.82, 2.24) is 5.32 Å². The zero-order valence-corrected chi connectivity index (χ0v) is 12.6. The van der Waals surface area contributed by atoms with Crippen molar-refractivity contribution in [2.75, 3.05) is 17.2 Å². The molecule has 0 spiro atoms. The second-order valence-electron chi connectivity index (χ2n) is 3.98. The van der Waals surface area contributed by atoms with Gasteiger partial charge in [-0.3, -0.25) is 4.79 Å². The molecular formula is C13H18ClN3OS. The summed E-state index contributed by atoms with van der Waals surface area (Å²) in [5.41, 5.74) is 1.37. The third-order valence-electron chi connectivity index (χ3n) is 2.31. The molecule has 104 valence electrons. The van der Waals surface area contributed by atoms with Crippen molar-refractivity contribution in [1.29, 1.82) is 0 Å². The van der Waals surface area contributed by atoms with Crippen molar-refractivity contribution < 1.29 is 4.79 Å². The molecule has 19 heavy (non-hydrogen) atoms. The highest BCUT2D eigenvalue weighted by atomic mass is 35.5. The molecule has 4 nitrogen and oxygen atoms in total. The van der Waals surface area contributed by atoms with Gasteiger partial charge in [0.1, 0.15) is 0 Å². The number of thiocarbonyl (C=S) groups is 1. The summed E-state index contributed by atoms with van der Waals surface area (Å²) in [6.45, 7) is 4.65. The Morgan fingerprint density at radius 1 is 1.32 bits per heavy atom. The predicted octanol–water partition coefficient (Wildman–Crippen LogP) is 3.38. The van der Waals surface area contributed by atoms with Gasteiger partial charge in [-0.15, -0.1) is 0 Å². The maximum absolute atomic E-state index is 11.5. The monoisotopic (exact) mass is 299 g/mol. The second-order valence-corrected chi connectivity index (χ2v) is 4.79. The molecule has 1 rings (SSSR count). The van der Waals surface area contributed by atoms with Gasteiger partial charge >= 0.3 is 0 Å². The summed E-state index contributed by atoms with van der Waals surface area (Å²) in [5, 5.41) is 9.84. The Hall–Kier alpha value is -1.33. The highest BCUT2D eigenvalue weighted by Crippen LogP contribution is 2.25. The third-order valence-corrected chi connectivity index (χ3v) is 2.89. The highest BCUT2D eigenvalue weighted by Gasteiger charge is 2.06. The zero-order chi connectivity index (χ0) is 14.3. The molecule has 0 bridgehead atoms. The molecule has 0 aliphatic carbocycles. The van der Waals surface area contributed by atoms with Crippen LogP contribution in [0.3, 0.4) is 0 Å².